The van der Waals surface area contributed by atoms with Crippen LogP contribution in [0.1, 0.15) is 43.5 Å². The number of hydrogen-bond acceptors (Lipinski definition) is 5. The third-order valence-electron chi connectivity index (χ3n) is 7.10. The molecule has 7 heteroatoms. The van der Waals surface area contributed by atoms with Crippen molar-refractivity contribution in [1.82, 2.24) is 19.7 Å². The quantitative estimate of drug-likeness (QED) is 0.670. The fourth-order valence-electron chi connectivity index (χ4n) is 5.02. The molecule has 7 nitrogen and oxygen atoms in total. The van der Waals surface area contributed by atoms with Gasteiger partial charge in [-0.15, -0.1) is 0 Å². The third-order valence-corrected chi connectivity index (χ3v) is 7.10. The summed E-state index contributed by atoms with van der Waals surface area (Å²) in [5.74, 6) is 1.55. The molecular weight excluding hydrogens is 402 g/mol. The van der Waals surface area contributed by atoms with Gasteiger partial charge in [-0.1, -0.05) is 30.3 Å². The van der Waals surface area contributed by atoms with Crippen molar-refractivity contribution in [3.05, 3.63) is 59.9 Å². The second-order valence-corrected chi connectivity index (χ2v) is 9.41. The SMILES string of the molecule is CC(Oc1cc(-c2cc3n(n2)CCC32CN(C(=O)C3CC3)C2)cnc1N)c1ccccc1. The first kappa shape index (κ1) is 19.3. The van der Waals surface area contributed by atoms with Crippen molar-refractivity contribution < 1.29 is 9.53 Å². The lowest BCUT2D eigenvalue weighted by Crippen LogP contribution is -2.60. The molecule has 6 rings (SSSR count). The number of nitrogens with two attached hydrogens (primary N) is 1. The number of nitrogens with zero attached hydrogens (tertiary/aromatic N) is 4. The lowest BCUT2D eigenvalue weighted by molar-refractivity contribution is -0.140. The van der Waals surface area contributed by atoms with Crippen LogP contribution in [0.15, 0.2) is 48.7 Å². The molecule has 4 heterocycles. The zero-order chi connectivity index (χ0) is 21.9. The molecule has 2 aromatic heterocycles. The highest BCUT2D eigenvalue weighted by Gasteiger charge is 2.53. The summed E-state index contributed by atoms with van der Waals surface area (Å²) in [5.41, 5.74) is 10.2. The Kier molecular flexibility index (Phi) is 4.28. The summed E-state index contributed by atoms with van der Waals surface area (Å²) in [5, 5.41) is 4.84. The summed E-state index contributed by atoms with van der Waals surface area (Å²) in [4.78, 5) is 18.8. The van der Waals surface area contributed by atoms with Crippen LogP contribution in [-0.2, 0) is 16.8 Å². The van der Waals surface area contributed by atoms with E-state index in [1.807, 2.05) is 48.2 Å². The van der Waals surface area contributed by atoms with Crippen LogP contribution < -0.4 is 10.5 Å². The Balaban J connectivity index is 1.23. The van der Waals surface area contributed by atoms with Gasteiger partial charge in [0, 0.05) is 48.4 Å². The molecule has 1 unspecified atom stereocenters. The van der Waals surface area contributed by atoms with Gasteiger partial charge in [-0.25, -0.2) is 4.98 Å². The summed E-state index contributed by atoms with van der Waals surface area (Å²) in [6.45, 7) is 4.52. The zero-order valence-corrected chi connectivity index (χ0v) is 18.2. The van der Waals surface area contributed by atoms with Crippen LogP contribution in [0.5, 0.6) is 5.75 Å². The summed E-state index contributed by atoms with van der Waals surface area (Å²) in [7, 11) is 0. The number of aryl methyl sites for hydroxylation is 1. The molecule has 1 atom stereocenters. The van der Waals surface area contributed by atoms with Crippen molar-refractivity contribution in [2.45, 2.75) is 44.2 Å². The second-order valence-electron chi connectivity index (χ2n) is 9.41. The van der Waals surface area contributed by atoms with E-state index in [4.69, 9.17) is 15.6 Å². The molecule has 0 bridgehead atoms. The van der Waals surface area contributed by atoms with Crippen molar-refractivity contribution in [2.24, 2.45) is 5.92 Å². The molecular formula is C25H27N5O2. The Morgan fingerprint density at radius 3 is 2.75 bits per heavy atom. The van der Waals surface area contributed by atoms with Crippen LogP contribution in [-0.4, -0.2) is 38.7 Å². The molecule has 3 aromatic rings. The number of nitrogen functional groups attached to an aromatic ring is 1. The average molecular weight is 430 g/mol. The maximum atomic E-state index is 12.4. The highest BCUT2D eigenvalue weighted by molar-refractivity contribution is 5.82. The topological polar surface area (TPSA) is 86.3 Å². The molecule has 0 radical (unpaired) electrons. The van der Waals surface area contributed by atoms with Gasteiger partial charge in [0.15, 0.2) is 11.6 Å². The maximum absolute atomic E-state index is 12.4. The number of rotatable bonds is 5. The Morgan fingerprint density at radius 1 is 1.22 bits per heavy atom. The van der Waals surface area contributed by atoms with Crippen LogP contribution in [0, 0.1) is 5.92 Å². The average Bonchev–Trinajstić information content (AvgIpc) is 3.45. The summed E-state index contributed by atoms with van der Waals surface area (Å²) in [6.07, 6.45) is 4.77. The predicted octanol–water partition coefficient (Wildman–Crippen LogP) is 3.56. The number of likely N-dealkylation sites (tertiary alicyclic amines) is 1. The molecule has 1 saturated carbocycles. The van der Waals surface area contributed by atoms with Crippen LogP contribution >= 0.6 is 0 Å². The van der Waals surface area contributed by atoms with Crippen LogP contribution in [0.3, 0.4) is 0 Å². The minimum atomic E-state index is -0.143. The number of benzene rings is 1. The number of anilines is 1. The molecule has 2 N–H and O–H groups in total. The molecule has 3 aliphatic rings. The van der Waals surface area contributed by atoms with E-state index in [1.165, 1.54) is 5.69 Å². The number of ether oxygens (including phenoxy) is 1. The monoisotopic (exact) mass is 429 g/mol. The normalized spacial score (nSPS) is 19.5. The van der Waals surface area contributed by atoms with E-state index >= 15 is 0 Å². The number of carbonyl (C=O) groups is 1. The van der Waals surface area contributed by atoms with E-state index in [0.29, 0.717) is 17.5 Å². The minimum Gasteiger partial charge on any atom is -0.482 e. The third kappa shape index (κ3) is 3.15. The summed E-state index contributed by atoms with van der Waals surface area (Å²) < 4.78 is 8.24. The number of hydrogen-bond donors (Lipinski definition) is 1. The fourth-order valence-corrected chi connectivity index (χ4v) is 5.02. The Bertz CT molecular complexity index is 1180. The van der Waals surface area contributed by atoms with Crippen molar-refractivity contribution >= 4 is 11.7 Å². The van der Waals surface area contributed by atoms with Crippen molar-refractivity contribution in [3.63, 3.8) is 0 Å². The van der Waals surface area contributed by atoms with Crippen LogP contribution in [0.2, 0.25) is 0 Å². The maximum Gasteiger partial charge on any atom is 0.225 e. The van der Waals surface area contributed by atoms with Gasteiger partial charge < -0.3 is 15.4 Å². The number of pyridine rings is 1. The second kappa shape index (κ2) is 7.08. The highest BCUT2D eigenvalue weighted by Crippen LogP contribution is 2.46. The van der Waals surface area contributed by atoms with Gasteiger partial charge in [0.05, 0.1) is 5.69 Å². The smallest absolute Gasteiger partial charge is 0.225 e. The van der Waals surface area contributed by atoms with Gasteiger partial charge in [-0.05, 0) is 43.9 Å². The van der Waals surface area contributed by atoms with Crippen molar-refractivity contribution in [2.75, 3.05) is 18.8 Å². The van der Waals surface area contributed by atoms with E-state index in [0.717, 1.165) is 55.7 Å². The number of fused-ring (bicyclic) bond motifs is 2. The first-order chi connectivity index (χ1) is 15.5. The molecule has 164 valence electrons. The van der Waals surface area contributed by atoms with Crippen molar-refractivity contribution in [1.29, 1.82) is 0 Å². The fraction of sp³-hybridized carbons (Fsp3) is 0.400. The lowest BCUT2D eigenvalue weighted by Gasteiger charge is -2.47. The molecule has 1 aromatic carbocycles. The minimum absolute atomic E-state index is 0.0538. The lowest BCUT2D eigenvalue weighted by atomic mass is 9.75. The van der Waals surface area contributed by atoms with Gasteiger partial charge >= 0.3 is 0 Å². The number of amides is 1. The molecule has 32 heavy (non-hydrogen) atoms. The molecule has 2 fully saturated rings. The molecule has 1 spiro atoms. The van der Waals surface area contributed by atoms with Gasteiger partial charge in [-0.3, -0.25) is 9.48 Å². The first-order valence-electron chi connectivity index (χ1n) is 11.4. The zero-order valence-electron chi connectivity index (χ0n) is 18.2. The predicted molar refractivity (Wildman–Crippen MR) is 121 cm³/mol. The van der Waals surface area contributed by atoms with E-state index in [-0.39, 0.29) is 17.4 Å². The van der Waals surface area contributed by atoms with E-state index in [9.17, 15) is 4.79 Å². The van der Waals surface area contributed by atoms with Gasteiger partial charge in [0.1, 0.15) is 6.10 Å². The number of aromatic nitrogens is 3. The van der Waals surface area contributed by atoms with Crippen LogP contribution in [0.25, 0.3) is 11.3 Å². The van der Waals surface area contributed by atoms with E-state index < -0.39 is 0 Å². The Hall–Kier alpha value is -3.35. The van der Waals surface area contributed by atoms with Gasteiger partial charge in [-0.2, -0.15) is 5.10 Å². The summed E-state index contributed by atoms with van der Waals surface area (Å²) >= 11 is 0. The van der Waals surface area contributed by atoms with Gasteiger partial charge in [0.25, 0.3) is 0 Å². The molecule has 2 aliphatic heterocycles. The first-order valence-corrected chi connectivity index (χ1v) is 11.4. The number of carbonyl (C=O) groups excluding carboxylic acids is 1. The van der Waals surface area contributed by atoms with Crippen molar-refractivity contribution in [3.8, 4) is 17.0 Å². The standard InChI is InChI=1S/C25H27N5O2/c1-16(17-5-3-2-4-6-17)32-21-11-19(13-27-23(21)26)20-12-22-25(9-10-30(22)28-20)14-29(15-25)24(31)18-7-8-18/h2-6,11-13,16,18H,7-10,14-15H2,1H3,(H2,26,27). The Morgan fingerprint density at radius 2 is 2.00 bits per heavy atom. The van der Waals surface area contributed by atoms with Crippen LogP contribution in [0.4, 0.5) is 5.82 Å². The highest BCUT2D eigenvalue weighted by atomic mass is 16.5. The Labute approximate surface area is 187 Å². The molecule has 1 saturated heterocycles. The largest absolute Gasteiger partial charge is 0.482 e. The molecule has 1 amide bonds. The summed E-state index contributed by atoms with van der Waals surface area (Å²) in [6, 6.07) is 14.1. The molecule has 1 aliphatic carbocycles. The van der Waals surface area contributed by atoms with Gasteiger partial charge in [0.2, 0.25) is 5.91 Å². The van der Waals surface area contributed by atoms with E-state index in [1.54, 1.807) is 6.20 Å². The van der Waals surface area contributed by atoms with E-state index in [2.05, 4.69) is 15.7 Å².